The lowest BCUT2D eigenvalue weighted by atomic mass is 10.00. The molecule has 1 fully saturated rings. The van der Waals surface area contributed by atoms with Crippen molar-refractivity contribution >= 4 is 11.5 Å². The predicted molar refractivity (Wildman–Crippen MR) is 65.0 cm³/mol. The molecule has 0 aromatic heterocycles. The molecule has 17 heavy (non-hydrogen) atoms. The average molecular weight is 233 g/mol. The number of Topliss-reactive ketones (excluding diaryl/α,β-unsaturated/α-hetero) is 1. The molecule has 1 aliphatic carbocycles. The minimum absolute atomic E-state index is 0.0517. The summed E-state index contributed by atoms with van der Waals surface area (Å²) in [5.41, 5.74) is 1.63. The van der Waals surface area contributed by atoms with Crippen molar-refractivity contribution in [2.75, 3.05) is 7.11 Å². The lowest BCUT2D eigenvalue weighted by molar-refractivity contribution is 0.0988. The van der Waals surface area contributed by atoms with Crippen LogP contribution in [0.5, 0.6) is 5.75 Å². The molecular weight excluding hydrogens is 218 g/mol. The molecule has 1 aliphatic rings. The molecule has 0 radical (unpaired) electrons. The van der Waals surface area contributed by atoms with Gasteiger partial charge in [0.2, 0.25) is 0 Å². The van der Waals surface area contributed by atoms with Gasteiger partial charge < -0.3 is 4.74 Å². The summed E-state index contributed by atoms with van der Waals surface area (Å²) in [7, 11) is 1.57. The molecule has 1 aromatic rings. The SMILES string of the molecule is CCC(=O)c1cc(C2CC2)c(OC)cc1N=O. The van der Waals surface area contributed by atoms with Crippen molar-refractivity contribution in [3.8, 4) is 5.75 Å². The topological polar surface area (TPSA) is 55.7 Å². The number of rotatable bonds is 5. The van der Waals surface area contributed by atoms with E-state index in [1.54, 1.807) is 26.2 Å². The molecule has 0 aliphatic heterocycles. The Morgan fingerprint density at radius 2 is 2.18 bits per heavy atom. The molecule has 1 aromatic carbocycles. The van der Waals surface area contributed by atoms with E-state index in [2.05, 4.69) is 5.18 Å². The largest absolute Gasteiger partial charge is 0.496 e. The third-order valence-electron chi connectivity index (χ3n) is 3.09. The summed E-state index contributed by atoms with van der Waals surface area (Å²) in [5.74, 6) is 1.08. The Labute approximate surface area is 99.9 Å². The molecule has 0 heterocycles. The number of methoxy groups -OCH3 is 1. The zero-order valence-electron chi connectivity index (χ0n) is 10.0. The second-order valence-corrected chi connectivity index (χ2v) is 4.25. The Morgan fingerprint density at radius 1 is 1.47 bits per heavy atom. The maximum absolute atomic E-state index is 11.7. The van der Waals surface area contributed by atoms with Crippen LogP contribution in [-0.2, 0) is 0 Å². The smallest absolute Gasteiger partial charge is 0.164 e. The summed E-state index contributed by atoms with van der Waals surface area (Å²) in [4.78, 5) is 22.5. The molecule has 0 spiro atoms. The van der Waals surface area contributed by atoms with E-state index in [1.807, 2.05) is 0 Å². The summed E-state index contributed by atoms with van der Waals surface area (Å²) < 4.78 is 5.25. The molecule has 4 nitrogen and oxygen atoms in total. The van der Waals surface area contributed by atoms with Crippen molar-refractivity contribution in [3.05, 3.63) is 28.2 Å². The molecule has 0 N–H and O–H groups in total. The van der Waals surface area contributed by atoms with Gasteiger partial charge in [-0.15, -0.1) is 4.91 Å². The van der Waals surface area contributed by atoms with Crippen LogP contribution in [-0.4, -0.2) is 12.9 Å². The lowest BCUT2D eigenvalue weighted by Crippen LogP contribution is -2.00. The molecule has 0 bridgehead atoms. The van der Waals surface area contributed by atoms with Gasteiger partial charge in [-0.2, -0.15) is 0 Å². The normalized spacial score (nSPS) is 14.5. The second kappa shape index (κ2) is 4.65. The fourth-order valence-corrected chi connectivity index (χ4v) is 1.97. The fourth-order valence-electron chi connectivity index (χ4n) is 1.97. The van der Waals surface area contributed by atoms with E-state index in [0.29, 0.717) is 23.7 Å². The standard InChI is InChI=1S/C13H15NO3/c1-3-12(15)10-6-9(8-4-5-8)13(17-2)7-11(10)14-16/h6-8H,3-5H2,1-2H3. The summed E-state index contributed by atoms with van der Waals surface area (Å²) in [6.07, 6.45) is 2.60. The molecule has 2 rings (SSSR count). The van der Waals surface area contributed by atoms with Gasteiger partial charge in [-0.25, -0.2) is 0 Å². The maximum atomic E-state index is 11.7. The van der Waals surface area contributed by atoms with Gasteiger partial charge in [-0.3, -0.25) is 4.79 Å². The summed E-state index contributed by atoms with van der Waals surface area (Å²) in [5, 5.41) is 2.92. The number of nitroso groups, excluding NO2 is 1. The van der Waals surface area contributed by atoms with Gasteiger partial charge in [-0.1, -0.05) is 6.92 Å². The highest BCUT2D eigenvalue weighted by Crippen LogP contribution is 2.46. The number of carbonyl (C=O) groups excluding carboxylic acids is 1. The van der Waals surface area contributed by atoms with E-state index in [4.69, 9.17) is 4.74 Å². The van der Waals surface area contributed by atoms with Crippen LogP contribution in [0, 0.1) is 4.91 Å². The molecule has 4 heteroatoms. The van der Waals surface area contributed by atoms with Gasteiger partial charge in [0.1, 0.15) is 11.4 Å². The van der Waals surface area contributed by atoms with Crippen molar-refractivity contribution < 1.29 is 9.53 Å². The van der Waals surface area contributed by atoms with E-state index in [9.17, 15) is 9.70 Å². The first-order valence-electron chi connectivity index (χ1n) is 5.79. The zero-order valence-corrected chi connectivity index (χ0v) is 10.0. The fraction of sp³-hybridized carbons (Fsp3) is 0.462. The highest BCUT2D eigenvalue weighted by atomic mass is 16.5. The highest BCUT2D eigenvalue weighted by Gasteiger charge is 2.28. The van der Waals surface area contributed by atoms with Crippen molar-refractivity contribution in [2.24, 2.45) is 5.18 Å². The summed E-state index contributed by atoms with van der Waals surface area (Å²) in [6, 6.07) is 3.35. The van der Waals surface area contributed by atoms with Gasteiger partial charge in [-0.05, 0) is 35.6 Å². The van der Waals surface area contributed by atoms with Gasteiger partial charge in [0.25, 0.3) is 0 Å². The van der Waals surface area contributed by atoms with Crippen LogP contribution in [0.4, 0.5) is 5.69 Å². The van der Waals surface area contributed by atoms with Gasteiger partial charge in [0.05, 0.1) is 7.11 Å². The van der Waals surface area contributed by atoms with Crippen molar-refractivity contribution in [1.82, 2.24) is 0 Å². The molecule has 90 valence electrons. The number of carbonyl (C=O) groups is 1. The first-order chi connectivity index (χ1) is 8.21. The highest BCUT2D eigenvalue weighted by molar-refractivity contribution is 6.01. The number of hydrogen-bond donors (Lipinski definition) is 0. The Morgan fingerprint density at radius 3 is 2.65 bits per heavy atom. The molecule has 0 saturated heterocycles. The first-order valence-corrected chi connectivity index (χ1v) is 5.79. The minimum atomic E-state index is -0.0517. The Bertz CT molecular complexity index is 464. The van der Waals surface area contributed by atoms with Gasteiger partial charge in [0, 0.05) is 18.1 Å². The van der Waals surface area contributed by atoms with Crippen LogP contribution >= 0.6 is 0 Å². The molecular formula is C13H15NO3. The minimum Gasteiger partial charge on any atom is -0.496 e. The van der Waals surface area contributed by atoms with E-state index >= 15 is 0 Å². The number of benzene rings is 1. The monoisotopic (exact) mass is 233 g/mol. The van der Waals surface area contributed by atoms with E-state index in [-0.39, 0.29) is 11.5 Å². The molecule has 1 saturated carbocycles. The van der Waals surface area contributed by atoms with Crippen molar-refractivity contribution in [1.29, 1.82) is 0 Å². The quantitative estimate of drug-likeness (QED) is 0.577. The summed E-state index contributed by atoms with van der Waals surface area (Å²) in [6.45, 7) is 1.78. The Kier molecular flexibility index (Phi) is 3.22. The second-order valence-electron chi connectivity index (χ2n) is 4.25. The van der Waals surface area contributed by atoms with Crippen LogP contribution in [0.15, 0.2) is 17.3 Å². The number of ketones is 1. The molecule has 0 amide bonds. The number of hydrogen-bond acceptors (Lipinski definition) is 4. The van der Waals surface area contributed by atoms with E-state index < -0.39 is 0 Å². The van der Waals surface area contributed by atoms with Crippen LogP contribution in [0.3, 0.4) is 0 Å². The molecule has 0 atom stereocenters. The Hall–Kier alpha value is -1.71. The number of ether oxygens (including phenoxy) is 1. The third-order valence-corrected chi connectivity index (χ3v) is 3.09. The van der Waals surface area contributed by atoms with E-state index in [1.165, 1.54) is 0 Å². The van der Waals surface area contributed by atoms with Crippen molar-refractivity contribution in [3.63, 3.8) is 0 Å². The maximum Gasteiger partial charge on any atom is 0.164 e. The third kappa shape index (κ3) is 2.20. The predicted octanol–water partition coefficient (Wildman–Crippen LogP) is 3.56. The van der Waals surface area contributed by atoms with Crippen LogP contribution in [0.1, 0.15) is 48.0 Å². The number of nitrogens with zero attached hydrogens (tertiary/aromatic N) is 1. The lowest BCUT2D eigenvalue weighted by Gasteiger charge is -2.10. The van der Waals surface area contributed by atoms with Crippen LogP contribution < -0.4 is 4.74 Å². The molecule has 0 unspecified atom stereocenters. The van der Waals surface area contributed by atoms with E-state index in [0.717, 1.165) is 18.4 Å². The van der Waals surface area contributed by atoms with Gasteiger partial charge in [0.15, 0.2) is 5.78 Å². The zero-order chi connectivity index (χ0) is 12.4. The van der Waals surface area contributed by atoms with Gasteiger partial charge >= 0.3 is 0 Å². The Balaban J connectivity index is 2.53. The summed E-state index contributed by atoms with van der Waals surface area (Å²) >= 11 is 0. The van der Waals surface area contributed by atoms with Crippen LogP contribution in [0.2, 0.25) is 0 Å². The first kappa shape index (κ1) is 11.8. The van der Waals surface area contributed by atoms with Crippen LogP contribution in [0.25, 0.3) is 0 Å². The average Bonchev–Trinajstić information content (AvgIpc) is 3.20. The van der Waals surface area contributed by atoms with Crippen molar-refractivity contribution in [2.45, 2.75) is 32.1 Å².